The van der Waals surface area contributed by atoms with Crippen molar-refractivity contribution in [3.8, 4) is 0 Å². The molecule has 22 heavy (non-hydrogen) atoms. The van der Waals surface area contributed by atoms with Crippen molar-refractivity contribution in [3.63, 3.8) is 0 Å². The van der Waals surface area contributed by atoms with Gasteiger partial charge in [0.1, 0.15) is 5.82 Å². The number of benzene rings is 2. The summed E-state index contributed by atoms with van der Waals surface area (Å²) >= 11 is 1.59. The fourth-order valence-electron chi connectivity index (χ4n) is 2.24. The fraction of sp³-hybridized carbons (Fsp3) is 0.0556. The second-order valence-electron chi connectivity index (χ2n) is 4.84. The second-order valence-corrected chi connectivity index (χ2v) is 5.82. The maximum Gasteiger partial charge on any atom is 0.252 e. The van der Waals surface area contributed by atoms with E-state index in [9.17, 15) is 9.18 Å². The van der Waals surface area contributed by atoms with Crippen LogP contribution in [0.4, 0.5) is 4.39 Å². The molecule has 1 heterocycles. The molecule has 0 fully saturated rings. The molecular formula is C18H14FNOS. The Morgan fingerprint density at radius 1 is 0.955 bits per heavy atom. The predicted octanol–water partition coefficient (Wildman–Crippen LogP) is 4.41. The molecule has 2 nitrogen and oxygen atoms in total. The molecule has 1 aromatic heterocycles. The molecule has 0 aliphatic carbocycles. The molecule has 0 saturated carbocycles. The van der Waals surface area contributed by atoms with Crippen LogP contribution in [0.3, 0.4) is 0 Å². The van der Waals surface area contributed by atoms with Crippen LogP contribution in [0.2, 0.25) is 0 Å². The van der Waals surface area contributed by atoms with Gasteiger partial charge in [0.25, 0.3) is 5.91 Å². The third-order valence-corrected chi connectivity index (χ3v) is 4.28. The number of hydrogen-bond acceptors (Lipinski definition) is 2. The Kier molecular flexibility index (Phi) is 4.30. The van der Waals surface area contributed by atoms with Crippen molar-refractivity contribution in [1.82, 2.24) is 5.32 Å². The van der Waals surface area contributed by atoms with Gasteiger partial charge in [-0.25, -0.2) is 4.39 Å². The average molecular weight is 311 g/mol. The summed E-state index contributed by atoms with van der Waals surface area (Å²) in [6.07, 6.45) is 0. The molecule has 0 unspecified atom stereocenters. The van der Waals surface area contributed by atoms with E-state index in [1.165, 1.54) is 24.3 Å². The van der Waals surface area contributed by atoms with E-state index in [0.29, 0.717) is 5.56 Å². The van der Waals surface area contributed by atoms with Crippen molar-refractivity contribution in [3.05, 3.63) is 93.9 Å². The number of nitrogens with one attached hydrogen (secondary N) is 1. The normalized spacial score (nSPS) is 11.9. The minimum Gasteiger partial charge on any atom is -0.340 e. The summed E-state index contributed by atoms with van der Waals surface area (Å²) in [5.74, 6) is -0.573. The van der Waals surface area contributed by atoms with Gasteiger partial charge in [-0.1, -0.05) is 36.4 Å². The number of carbonyl (C=O) groups excluding carboxylic acids is 1. The highest BCUT2D eigenvalue weighted by Gasteiger charge is 2.18. The van der Waals surface area contributed by atoms with E-state index in [0.717, 1.165) is 10.4 Å². The third kappa shape index (κ3) is 3.23. The third-order valence-electron chi connectivity index (χ3n) is 3.34. The Morgan fingerprint density at radius 2 is 1.68 bits per heavy atom. The molecule has 0 bridgehead atoms. The maximum atomic E-state index is 13.0. The zero-order chi connectivity index (χ0) is 15.4. The molecule has 3 rings (SSSR count). The number of halogens is 1. The lowest BCUT2D eigenvalue weighted by molar-refractivity contribution is 0.0943. The number of rotatable bonds is 4. The highest BCUT2D eigenvalue weighted by atomic mass is 32.1. The lowest BCUT2D eigenvalue weighted by Crippen LogP contribution is -2.28. The molecule has 0 aliphatic heterocycles. The van der Waals surface area contributed by atoms with Crippen LogP contribution in [0, 0.1) is 5.82 Å². The van der Waals surface area contributed by atoms with Crippen molar-refractivity contribution < 1.29 is 9.18 Å². The molecule has 4 heteroatoms. The van der Waals surface area contributed by atoms with Crippen molar-refractivity contribution in [2.45, 2.75) is 6.04 Å². The van der Waals surface area contributed by atoms with Crippen molar-refractivity contribution in [1.29, 1.82) is 0 Å². The molecule has 1 atom stereocenters. The molecular weight excluding hydrogens is 297 g/mol. The smallest absolute Gasteiger partial charge is 0.252 e. The summed E-state index contributed by atoms with van der Waals surface area (Å²) in [5, 5.41) is 5.00. The Labute approximate surface area is 132 Å². The Hall–Kier alpha value is -2.46. The molecule has 0 aliphatic rings. The SMILES string of the molecule is O=C(N[C@@H](c1ccccc1)c1cccs1)c1ccc(F)cc1. The molecule has 0 radical (unpaired) electrons. The van der Waals surface area contributed by atoms with E-state index in [-0.39, 0.29) is 17.8 Å². The number of carbonyl (C=O) groups is 1. The lowest BCUT2D eigenvalue weighted by atomic mass is 10.0. The van der Waals surface area contributed by atoms with Gasteiger partial charge >= 0.3 is 0 Å². The van der Waals surface area contributed by atoms with E-state index in [2.05, 4.69) is 5.32 Å². The molecule has 0 saturated heterocycles. The molecule has 2 aromatic carbocycles. The summed E-state index contributed by atoms with van der Waals surface area (Å²) in [5.41, 5.74) is 1.46. The van der Waals surface area contributed by atoms with Gasteiger partial charge in [0.15, 0.2) is 0 Å². The molecule has 1 N–H and O–H groups in total. The number of hydrogen-bond donors (Lipinski definition) is 1. The summed E-state index contributed by atoms with van der Waals surface area (Å²) in [6, 6.07) is 19.1. The fourth-order valence-corrected chi connectivity index (χ4v) is 3.04. The minimum atomic E-state index is -0.352. The summed E-state index contributed by atoms with van der Waals surface area (Å²) in [6.45, 7) is 0. The van der Waals surface area contributed by atoms with Gasteiger partial charge in [0.2, 0.25) is 0 Å². The predicted molar refractivity (Wildman–Crippen MR) is 86.5 cm³/mol. The van der Waals surface area contributed by atoms with Gasteiger partial charge in [-0.3, -0.25) is 4.79 Å². The number of thiophene rings is 1. The van der Waals surface area contributed by atoms with E-state index < -0.39 is 0 Å². The first kappa shape index (κ1) is 14.5. The van der Waals surface area contributed by atoms with Crippen molar-refractivity contribution >= 4 is 17.2 Å². The first-order valence-corrected chi connectivity index (χ1v) is 7.77. The van der Waals surface area contributed by atoms with Gasteiger partial charge in [0.05, 0.1) is 6.04 Å². The maximum absolute atomic E-state index is 13.0. The number of amides is 1. The monoisotopic (exact) mass is 311 g/mol. The standard InChI is InChI=1S/C18H14FNOS/c19-15-10-8-14(9-11-15)18(21)20-17(16-7-4-12-22-16)13-5-2-1-3-6-13/h1-12,17H,(H,20,21)/t17-/m0/s1. The second kappa shape index (κ2) is 6.54. The highest BCUT2D eigenvalue weighted by molar-refractivity contribution is 7.10. The van der Waals surface area contributed by atoms with Crippen LogP contribution in [-0.4, -0.2) is 5.91 Å². The zero-order valence-electron chi connectivity index (χ0n) is 11.7. The van der Waals surface area contributed by atoms with E-state index in [1.54, 1.807) is 11.3 Å². The largest absolute Gasteiger partial charge is 0.340 e. The van der Waals surface area contributed by atoms with Crippen LogP contribution in [0.5, 0.6) is 0 Å². The van der Waals surface area contributed by atoms with Gasteiger partial charge in [-0.2, -0.15) is 0 Å². The molecule has 0 spiro atoms. The quantitative estimate of drug-likeness (QED) is 0.760. The van der Waals surface area contributed by atoms with Crippen LogP contribution in [0.15, 0.2) is 72.1 Å². The summed E-state index contributed by atoms with van der Waals surface area (Å²) in [4.78, 5) is 13.5. The van der Waals surface area contributed by atoms with Gasteiger partial charge in [-0.15, -0.1) is 11.3 Å². The van der Waals surface area contributed by atoms with Crippen LogP contribution < -0.4 is 5.32 Å². The Bertz CT molecular complexity index is 739. The van der Waals surface area contributed by atoms with Gasteiger partial charge in [-0.05, 0) is 41.3 Å². The van der Waals surface area contributed by atoms with E-state index in [4.69, 9.17) is 0 Å². The van der Waals surface area contributed by atoms with Crippen molar-refractivity contribution in [2.24, 2.45) is 0 Å². The molecule has 3 aromatic rings. The Balaban J connectivity index is 1.87. The Morgan fingerprint density at radius 3 is 2.32 bits per heavy atom. The van der Waals surface area contributed by atoms with Crippen LogP contribution >= 0.6 is 11.3 Å². The van der Waals surface area contributed by atoms with Crippen molar-refractivity contribution in [2.75, 3.05) is 0 Å². The van der Waals surface area contributed by atoms with Crippen LogP contribution in [-0.2, 0) is 0 Å². The first-order chi connectivity index (χ1) is 10.7. The average Bonchev–Trinajstić information content (AvgIpc) is 3.08. The lowest BCUT2D eigenvalue weighted by Gasteiger charge is -2.18. The highest BCUT2D eigenvalue weighted by Crippen LogP contribution is 2.26. The van der Waals surface area contributed by atoms with Gasteiger partial charge < -0.3 is 5.32 Å². The summed E-state index contributed by atoms with van der Waals surface area (Å²) in [7, 11) is 0. The first-order valence-electron chi connectivity index (χ1n) is 6.89. The van der Waals surface area contributed by atoms with Crippen LogP contribution in [0.1, 0.15) is 26.8 Å². The van der Waals surface area contributed by atoms with Crippen LogP contribution in [0.25, 0.3) is 0 Å². The summed E-state index contributed by atoms with van der Waals surface area (Å²) < 4.78 is 13.0. The van der Waals surface area contributed by atoms with E-state index in [1.807, 2.05) is 47.8 Å². The minimum absolute atomic E-state index is 0.209. The zero-order valence-corrected chi connectivity index (χ0v) is 12.5. The topological polar surface area (TPSA) is 29.1 Å². The van der Waals surface area contributed by atoms with Gasteiger partial charge in [0, 0.05) is 10.4 Å². The van der Waals surface area contributed by atoms with E-state index >= 15 is 0 Å². The molecule has 110 valence electrons. The molecule has 1 amide bonds.